The Morgan fingerprint density at radius 1 is 1.10 bits per heavy atom. The lowest BCUT2D eigenvalue weighted by Gasteiger charge is -2.11. The quantitative estimate of drug-likeness (QED) is 0.701. The SMILES string of the molecule is Nc1ccc(S(=O)(=O)Nc2cc(Br)ccc2Br)cc1Cl. The van der Waals surface area contributed by atoms with Crippen molar-refractivity contribution in [3.63, 3.8) is 0 Å². The molecular formula is C12H9Br2ClN2O2S. The van der Waals surface area contributed by atoms with Gasteiger partial charge in [0, 0.05) is 8.95 Å². The maximum Gasteiger partial charge on any atom is 0.261 e. The maximum atomic E-state index is 12.3. The summed E-state index contributed by atoms with van der Waals surface area (Å²) in [6.45, 7) is 0. The van der Waals surface area contributed by atoms with Gasteiger partial charge < -0.3 is 5.73 Å². The fraction of sp³-hybridized carbons (Fsp3) is 0. The molecule has 0 fully saturated rings. The van der Waals surface area contributed by atoms with Crippen molar-refractivity contribution in [2.75, 3.05) is 10.5 Å². The van der Waals surface area contributed by atoms with Crippen LogP contribution in [0.5, 0.6) is 0 Å². The van der Waals surface area contributed by atoms with Gasteiger partial charge in [-0.2, -0.15) is 0 Å². The third-order valence-electron chi connectivity index (χ3n) is 2.45. The van der Waals surface area contributed by atoms with Crippen molar-refractivity contribution in [3.05, 3.63) is 50.4 Å². The molecule has 0 spiro atoms. The highest BCUT2D eigenvalue weighted by molar-refractivity contribution is 9.11. The second kappa shape index (κ2) is 5.93. The van der Waals surface area contributed by atoms with Crippen LogP contribution >= 0.6 is 43.5 Å². The molecule has 2 rings (SSSR count). The fourth-order valence-electron chi connectivity index (χ4n) is 1.45. The zero-order chi connectivity index (χ0) is 14.9. The first-order valence-corrected chi connectivity index (χ1v) is 8.77. The standard InChI is InChI=1S/C12H9Br2ClN2O2S/c13-7-1-3-9(14)12(5-7)17-20(18,19)8-2-4-11(16)10(15)6-8/h1-6,17H,16H2. The van der Waals surface area contributed by atoms with Crippen molar-refractivity contribution in [1.82, 2.24) is 0 Å². The van der Waals surface area contributed by atoms with Crippen LogP contribution < -0.4 is 10.5 Å². The third kappa shape index (κ3) is 3.46. The molecule has 20 heavy (non-hydrogen) atoms. The third-order valence-corrected chi connectivity index (χ3v) is 5.33. The lowest BCUT2D eigenvalue weighted by Crippen LogP contribution is -2.13. The van der Waals surface area contributed by atoms with Crippen molar-refractivity contribution >= 4 is 64.9 Å². The van der Waals surface area contributed by atoms with Crippen molar-refractivity contribution in [3.8, 4) is 0 Å². The molecule has 0 radical (unpaired) electrons. The van der Waals surface area contributed by atoms with Crippen LogP contribution in [0.4, 0.5) is 11.4 Å². The highest BCUT2D eigenvalue weighted by Gasteiger charge is 2.17. The molecular weight excluding hydrogens is 431 g/mol. The van der Waals surface area contributed by atoms with E-state index in [-0.39, 0.29) is 9.92 Å². The number of benzene rings is 2. The number of sulfonamides is 1. The van der Waals surface area contributed by atoms with Gasteiger partial charge in [-0.15, -0.1) is 0 Å². The van der Waals surface area contributed by atoms with Crippen LogP contribution in [-0.2, 0) is 10.0 Å². The Morgan fingerprint density at radius 2 is 1.80 bits per heavy atom. The highest BCUT2D eigenvalue weighted by atomic mass is 79.9. The van der Waals surface area contributed by atoms with Gasteiger partial charge in [0.05, 0.1) is 21.3 Å². The summed E-state index contributed by atoms with van der Waals surface area (Å²) in [4.78, 5) is 0.0450. The predicted molar refractivity (Wildman–Crippen MR) is 88.5 cm³/mol. The van der Waals surface area contributed by atoms with Crippen molar-refractivity contribution in [2.45, 2.75) is 4.90 Å². The molecule has 3 N–H and O–H groups in total. The number of rotatable bonds is 3. The van der Waals surface area contributed by atoms with E-state index in [1.165, 1.54) is 18.2 Å². The van der Waals surface area contributed by atoms with E-state index in [9.17, 15) is 8.42 Å². The van der Waals surface area contributed by atoms with Gasteiger partial charge in [-0.3, -0.25) is 4.72 Å². The van der Waals surface area contributed by atoms with E-state index in [1.54, 1.807) is 18.2 Å². The van der Waals surface area contributed by atoms with Gasteiger partial charge in [0.15, 0.2) is 0 Å². The summed E-state index contributed by atoms with van der Waals surface area (Å²) in [6, 6.07) is 9.34. The summed E-state index contributed by atoms with van der Waals surface area (Å²) in [6.07, 6.45) is 0. The van der Waals surface area contributed by atoms with Crippen molar-refractivity contribution in [1.29, 1.82) is 0 Å². The Labute approximate surface area is 138 Å². The summed E-state index contributed by atoms with van der Waals surface area (Å²) >= 11 is 12.4. The molecule has 8 heteroatoms. The number of hydrogen-bond donors (Lipinski definition) is 2. The Morgan fingerprint density at radius 3 is 2.45 bits per heavy atom. The Hall–Kier alpha value is -0.760. The van der Waals surface area contributed by atoms with E-state index in [0.29, 0.717) is 15.8 Å². The molecule has 106 valence electrons. The number of halogens is 3. The number of anilines is 2. The molecule has 0 atom stereocenters. The summed E-state index contributed by atoms with van der Waals surface area (Å²) in [7, 11) is -3.73. The van der Waals surface area contributed by atoms with Gasteiger partial charge >= 0.3 is 0 Å². The first-order valence-electron chi connectivity index (χ1n) is 5.32. The lowest BCUT2D eigenvalue weighted by atomic mass is 10.3. The topological polar surface area (TPSA) is 72.2 Å². The Balaban J connectivity index is 2.40. The van der Waals surface area contributed by atoms with Crippen LogP contribution in [0.1, 0.15) is 0 Å². The molecule has 2 aromatic carbocycles. The minimum Gasteiger partial charge on any atom is -0.398 e. The van der Waals surface area contributed by atoms with Crippen molar-refractivity contribution < 1.29 is 8.42 Å². The maximum absolute atomic E-state index is 12.3. The molecule has 0 unspecified atom stereocenters. The Bertz CT molecular complexity index is 766. The predicted octanol–water partition coefficient (Wildman–Crippen LogP) is 4.25. The summed E-state index contributed by atoms with van der Waals surface area (Å²) < 4.78 is 28.4. The smallest absolute Gasteiger partial charge is 0.261 e. The average molecular weight is 441 g/mol. The van der Waals surface area contributed by atoms with E-state index in [4.69, 9.17) is 17.3 Å². The van der Waals surface area contributed by atoms with E-state index < -0.39 is 10.0 Å². The molecule has 4 nitrogen and oxygen atoms in total. The number of nitrogen functional groups attached to an aromatic ring is 1. The first-order chi connectivity index (χ1) is 9.29. The fourth-order valence-corrected chi connectivity index (χ4v) is 3.63. The van der Waals surface area contributed by atoms with Crippen LogP contribution in [0.2, 0.25) is 5.02 Å². The minimum absolute atomic E-state index is 0.0450. The number of hydrogen-bond acceptors (Lipinski definition) is 3. The van der Waals surface area contributed by atoms with Crippen LogP contribution in [0, 0.1) is 0 Å². The zero-order valence-corrected chi connectivity index (χ0v) is 14.6. The summed E-state index contributed by atoms with van der Waals surface area (Å²) in [5.41, 5.74) is 6.32. The highest BCUT2D eigenvalue weighted by Crippen LogP contribution is 2.29. The molecule has 0 bridgehead atoms. The molecule has 0 aliphatic rings. The normalized spacial score (nSPS) is 11.3. The molecule has 2 aromatic rings. The summed E-state index contributed by atoms with van der Waals surface area (Å²) in [5, 5.41) is 0.196. The van der Waals surface area contributed by atoms with Crippen LogP contribution in [0.3, 0.4) is 0 Å². The molecule has 0 amide bonds. The van der Waals surface area contributed by atoms with Crippen LogP contribution in [0.25, 0.3) is 0 Å². The molecule has 0 saturated heterocycles. The van der Waals surface area contributed by atoms with Crippen molar-refractivity contribution in [2.24, 2.45) is 0 Å². The van der Waals surface area contributed by atoms with E-state index in [1.807, 2.05) is 0 Å². The van der Waals surface area contributed by atoms with Gasteiger partial charge in [-0.05, 0) is 52.3 Å². The molecule has 0 aromatic heterocycles. The largest absolute Gasteiger partial charge is 0.398 e. The van der Waals surface area contributed by atoms with Gasteiger partial charge in [-0.1, -0.05) is 27.5 Å². The van der Waals surface area contributed by atoms with Gasteiger partial charge in [0.25, 0.3) is 10.0 Å². The van der Waals surface area contributed by atoms with Gasteiger partial charge in [0.1, 0.15) is 0 Å². The van der Waals surface area contributed by atoms with Gasteiger partial charge in [0.2, 0.25) is 0 Å². The second-order valence-corrected chi connectivity index (χ2v) is 7.77. The number of nitrogens with two attached hydrogens (primary N) is 1. The van der Waals surface area contributed by atoms with E-state index in [2.05, 4.69) is 36.6 Å². The monoisotopic (exact) mass is 438 g/mol. The lowest BCUT2D eigenvalue weighted by molar-refractivity contribution is 0.601. The average Bonchev–Trinajstić information content (AvgIpc) is 2.36. The second-order valence-electron chi connectivity index (χ2n) is 3.91. The zero-order valence-electron chi connectivity index (χ0n) is 9.90. The molecule has 0 saturated carbocycles. The molecule has 0 aliphatic carbocycles. The number of nitrogens with one attached hydrogen (secondary N) is 1. The summed E-state index contributed by atoms with van der Waals surface area (Å²) in [5.74, 6) is 0. The van der Waals surface area contributed by atoms with E-state index >= 15 is 0 Å². The van der Waals surface area contributed by atoms with Crippen LogP contribution in [0.15, 0.2) is 50.2 Å². The molecule has 0 heterocycles. The Kier molecular flexibility index (Phi) is 4.63. The van der Waals surface area contributed by atoms with Crippen LogP contribution in [-0.4, -0.2) is 8.42 Å². The molecule has 0 aliphatic heterocycles. The first kappa shape index (κ1) is 15.6. The minimum atomic E-state index is -3.73. The van der Waals surface area contributed by atoms with Gasteiger partial charge in [-0.25, -0.2) is 8.42 Å². The van der Waals surface area contributed by atoms with E-state index in [0.717, 1.165) is 4.47 Å².